The largest absolute Gasteiger partial charge is 0.493 e. The fraction of sp³-hybridized carbons (Fsp3) is 0.625. The molecule has 1 heterocycles. The van der Waals surface area contributed by atoms with Crippen LogP contribution in [0.15, 0.2) is 18.2 Å². The van der Waals surface area contributed by atoms with Gasteiger partial charge in [-0.05, 0) is 37.0 Å². The number of hydrogen-bond acceptors (Lipinski definition) is 3. The van der Waals surface area contributed by atoms with Crippen molar-refractivity contribution in [3.05, 3.63) is 29.6 Å². The van der Waals surface area contributed by atoms with Crippen molar-refractivity contribution in [2.75, 3.05) is 19.8 Å². The van der Waals surface area contributed by atoms with Gasteiger partial charge >= 0.3 is 0 Å². The standard InChI is InChI=1S/C16H24FNO2/c1-12(2)18-10-14-9-15(17)3-4-16(14)20-11-13-5-7-19-8-6-13/h3-4,9,12-13,18H,5-8,10-11H2,1-2H3. The molecule has 1 aliphatic heterocycles. The quantitative estimate of drug-likeness (QED) is 0.869. The third-order valence-electron chi connectivity index (χ3n) is 3.54. The van der Waals surface area contributed by atoms with Gasteiger partial charge in [0.2, 0.25) is 0 Å². The lowest BCUT2D eigenvalue weighted by atomic mass is 10.0. The van der Waals surface area contributed by atoms with E-state index in [1.54, 1.807) is 12.1 Å². The Kier molecular flexibility index (Phi) is 5.80. The first-order chi connectivity index (χ1) is 9.65. The molecule has 0 aromatic heterocycles. The minimum atomic E-state index is -0.219. The lowest BCUT2D eigenvalue weighted by Gasteiger charge is -2.23. The van der Waals surface area contributed by atoms with Crippen LogP contribution < -0.4 is 10.1 Å². The van der Waals surface area contributed by atoms with E-state index in [4.69, 9.17) is 9.47 Å². The van der Waals surface area contributed by atoms with E-state index < -0.39 is 0 Å². The molecular weight excluding hydrogens is 257 g/mol. The first-order valence-electron chi connectivity index (χ1n) is 7.37. The van der Waals surface area contributed by atoms with E-state index in [2.05, 4.69) is 19.2 Å². The molecule has 0 aliphatic carbocycles. The average Bonchev–Trinajstić information content (AvgIpc) is 2.45. The Labute approximate surface area is 120 Å². The first-order valence-corrected chi connectivity index (χ1v) is 7.37. The molecule has 0 spiro atoms. The fourth-order valence-corrected chi connectivity index (χ4v) is 2.26. The summed E-state index contributed by atoms with van der Waals surface area (Å²) in [5.74, 6) is 1.11. The molecule has 0 amide bonds. The van der Waals surface area contributed by atoms with Gasteiger partial charge in [-0.3, -0.25) is 0 Å². The Bertz CT molecular complexity index is 417. The van der Waals surface area contributed by atoms with Crippen LogP contribution in [0.1, 0.15) is 32.3 Å². The van der Waals surface area contributed by atoms with Gasteiger partial charge in [-0.15, -0.1) is 0 Å². The second-order valence-corrected chi connectivity index (χ2v) is 5.65. The van der Waals surface area contributed by atoms with Crippen molar-refractivity contribution in [2.24, 2.45) is 5.92 Å². The molecule has 1 fully saturated rings. The van der Waals surface area contributed by atoms with E-state index in [1.807, 2.05) is 0 Å². The van der Waals surface area contributed by atoms with Crippen molar-refractivity contribution in [3.63, 3.8) is 0 Å². The Morgan fingerprint density at radius 2 is 2.10 bits per heavy atom. The van der Waals surface area contributed by atoms with Crippen LogP contribution in [0.5, 0.6) is 5.75 Å². The van der Waals surface area contributed by atoms with Gasteiger partial charge in [0.1, 0.15) is 11.6 Å². The van der Waals surface area contributed by atoms with Gasteiger partial charge < -0.3 is 14.8 Å². The lowest BCUT2D eigenvalue weighted by Crippen LogP contribution is -2.24. The van der Waals surface area contributed by atoms with Crippen molar-refractivity contribution < 1.29 is 13.9 Å². The van der Waals surface area contributed by atoms with Crippen LogP contribution in [0.2, 0.25) is 0 Å². The third kappa shape index (κ3) is 4.76. The van der Waals surface area contributed by atoms with Crippen LogP contribution in [0, 0.1) is 11.7 Å². The first kappa shape index (κ1) is 15.3. The van der Waals surface area contributed by atoms with Crippen molar-refractivity contribution in [1.82, 2.24) is 5.32 Å². The topological polar surface area (TPSA) is 30.5 Å². The van der Waals surface area contributed by atoms with Crippen LogP contribution in [0.3, 0.4) is 0 Å². The molecule has 1 aliphatic rings. The summed E-state index contributed by atoms with van der Waals surface area (Å²) in [7, 11) is 0. The second kappa shape index (κ2) is 7.60. The highest BCUT2D eigenvalue weighted by molar-refractivity contribution is 5.34. The predicted molar refractivity (Wildman–Crippen MR) is 77.4 cm³/mol. The lowest BCUT2D eigenvalue weighted by molar-refractivity contribution is 0.0496. The smallest absolute Gasteiger partial charge is 0.123 e. The van der Waals surface area contributed by atoms with Gasteiger partial charge in [-0.2, -0.15) is 0 Å². The Morgan fingerprint density at radius 3 is 2.80 bits per heavy atom. The summed E-state index contributed by atoms with van der Waals surface area (Å²) in [6.07, 6.45) is 2.08. The zero-order chi connectivity index (χ0) is 14.4. The molecule has 0 atom stereocenters. The Balaban J connectivity index is 1.94. The van der Waals surface area contributed by atoms with Crippen molar-refractivity contribution in [1.29, 1.82) is 0 Å². The molecule has 4 heteroatoms. The predicted octanol–water partition coefficient (Wildman–Crippen LogP) is 3.13. The molecule has 1 saturated heterocycles. The molecule has 0 saturated carbocycles. The van der Waals surface area contributed by atoms with Crippen LogP contribution in [-0.4, -0.2) is 25.9 Å². The van der Waals surface area contributed by atoms with E-state index in [-0.39, 0.29) is 5.82 Å². The number of benzene rings is 1. The molecule has 0 unspecified atom stereocenters. The summed E-state index contributed by atoms with van der Waals surface area (Å²) < 4.78 is 24.6. The van der Waals surface area contributed by atoms with E-state index in [1.165, 1.54) is 6.07 Å². The molecule has 1 aromatic rings. The van der Waals surface area contributed by atoms with Crippen molar-refractivity contribution >= 4 is 0 Å². The number of halogens is 1. The number of rotatable bonds is 6. The van der Waals surface area contributed by atoms with Crippen molar-refractivity contribution in [3.8, 4) is 5.75 Å². The van der Waals surface area contributed by atoms with Gasteiger partial charge in [-0.1, -0.05) is 13.8 Å². The number of ether oxygens (including phenoxy) is 2. The molecule has 112 valence electrons. The van der Waals surface area contributed by atoms with E-state index in [0.717, 1.165) is 37.4 Å². The summed E-state index contributed by atoms with van der Waals surface area (Å²) in [5, 5.41) is 3.30. The van der Waals surface area contributed by atoms with Crippen LogP contribution in [0.25, 0.3) is 0 Å². The molecule has 3 nitrogen and oxygen atoms in total. The summed E-state index contributed by atoms with van der Waals surface area (Å²) >= 11 is 0. The van der Waals surface area contributed by atoms with Crippen LogP contribution in [0.4, 0.5) is 4.39 Å². The zero-order valence-corrected chi connectivity index (χ0v) is 12.3. The second-order valence-electron chi connectivity index (χ2n) is 5.65. The van der Waals surface area contributed by atoms with Gasteiger partial charge in [0.15, 0.2) is 0 Å². The molecule has 1 N–H and O–H groups in total. The summed E-state index contributed by atoms with van der Waals surface area (Å²) in [4.78, 5) is 0. The minimum Gasteiger partial charge on any atom is -0.493 e. The molecular formula is C16H24FNO2. The third-order valence-corrected chi connectivity index (χ3v) is 3.54. The molecule has 2 rings (SSSR count). The summed E-state index contributed by atoms with van der Waals surface area (Å²) in [6, 6.07) is 5.10. The molecule has 1 aromatic carbocycles. The van der Waals surface area contributed by atoms with E-state index >= 15 is 0 Å². The molecule has 20 heavy (non-hydrogen) atoms. The maximum atomic E-state index is 13.4. The van der Waals surface area contributed by atoms with Gasteiger partial charge in [0, 0.05) is 31.4 Å². The SMILES string of the molecule is CC(C)NCc1cc(F)ccc1OCC1CCOCC1. The summed E-state index contributed by atoms with van der Waals surface area (Å²) in [5.41, 5.74) is 0.880. The van der Waals surface area contributed by atoms with Crippen LogP contribution >= 0.6 is 0 Å². The minimum absolute atomic E-state index is 0.219. The number of hydrogen-bond donors (Lipinski definition) is 1. The maximum Gasteiger partial charge on any atom is 0.123 e. The van der Waals surface area contributed by atoms with Crippen molar-refractivity contribution in [2.45, 2.75) is 39.3 Å². The summed E-state index contributed by atoms with van der Waals surface area (Å²) in [6.45, 7) is 7.09. The monoisotopic (exact) mass is 281 g/mol. The number of nitrogens with one attached hydrogen (secondary N) is 1. The Hall–Kier alpha value is -1.13. The fourth-order valence-electron chi connectivity index (χ4n) is 2.26. The van der Waals surface area contributed by atoms with Crippen LogP contribution in [-0.2, 0) is 11.3 Å². The molecule has 0 radical (unpaired) electrons. The average molecular weight is 281 g/mol. The normalized spacial score (nSPS) is 16.6. The van der Waals surface area contributed by atoms with E-state index in [0.29, 0.717) is 25.1 Å². The van der Waals surface area contributed by atoms with Gasteiger partial charge in [-0.25, -0.2) is 4.39 Å². The Morgan fingerprint density at radius 1 is 1.35 bits per heavy atom. The van der Waals surface area contributed by atoms with Gasteiger partial charge in [0.05, 0.1) is 6.61 Å². The highest BCUT2D eigenvalue weighted by atomic mass is 19.1. The highest BCUT2D eigenvalue weighted by Gasteiger charge is 2.15. The molecule has 0 bridgehead atoms. The zero-order valence-electron chi connectivity index (χ0n) is 12.3. The van der Waals surface area contributed by atoms with E-state index in [9.17, 15) is 4.39 Å². The van der Waals surface area contributed by atoms with Gasteiger partial charge in [0.25, 0.3) is 0 Å². The highest BCUT2D eigenvalue weighted by Crippen LogP contribution is 2.22. The maximum absolute atomic E-state index is 13.4.